The third-order valence-corrected chi connectivity index (χ3v) is 3.33. The molecular weight excluding hydrogens is 238 g/mol. The molecule has 0 saturated heterocycles. The van der Waals surface area contributed by atoms with Gasteiger partial charge >= 0.3 is 0 Å². The Labute approximate surface area is 116 Å². The van der Waals surface area contributed by atoms with Crippen LogP contribution in [-0.4, -0.2) is 35.4 Å². The monoisotopic (exact) mass is 263 g/mol. The minimum Gasteiger partial charge on any atom is -0.370 e. The Morgan fingerprint density at radius 3 is 2.68 bits per heavy atom. The lowest BCUT2D eigenvalue weighted by atomic mass is 10.1. The molecule has 1 atom stereocenters. The molecule has 1 amide bonds. The van der Waals surface area contributed by atoms with Crippen molar-refractivity contribution in [1.82, 2.24) is 9.88 Å². The molecule has 1 rings (SSSR count). The molecule has 0 spiro atoms. The second-order valence-corrected chi connectivity index (χ2v) is 4.98. The number of hydrogen-bond acceptors (Lipinski definition) is 3. The molecule has 0 aromatic carbocycles. The molecule has 0 aliphatic rings. The summed E-state index contributed by atoms with van der Waals surface area (Å²) in [6, 6.07) is 3.93. The Morgan fingerprint density at radius 1 is 1.42 bits per heavy atom. The van der Waals surface area contributed by atoms with Gasteiger partial charge in [0.15, 0.2) is 0 Å². The van der Waals surface area contributed by atoms with Gasteiger partial charge < -0.3 is 10.2 Å². The van der Waals surface area contributed by atoms with E-state index in [-0.39, 0.29) is 11.9 Å². The molecular formula is C15H25N3O. The number of nitrogens with one attached hydrogen (secondary N) is 1. The summed E-state index contributed by atoms with van der Waals surface area (Å²) in [7, 11) is 1.85. The van der Waals surface area contributed by atoms with Gasteiger partial charge in [-0.05, 0) is 38.8 Å². The Bertz CT molecular complexity index is 431. The highest BCUT2D eigenvalue weighted by atomic mass is 16.2. The second-order valence-electron chi connectivity index (χ2n) is 4.98. The van der Waals surface area contributed by atoms with Crippen molar-refractivity contribution in [2.24, 2.45) is 0 Å². The molecule has 4 nitrogen and oxygen atoms in total. The largest absolute Gasteiger partial charge is 0.370 e. The van der Waals surface area contributed by atoms with Crippen LogP contribution in [0, 0.1) is 6.92 Å². The third kappa shape index (κ3) is 4.23. The number of hydrogen-bond donors (Lipinski definition) is 1. The maximum absolute atomic E-state index is 12.4. The van der Waals surface area contributed by atoms with Crippen LogP contribution in [0.1, 0.15) is 49.7 Å². The first-order chi connectivity index (χ1) is 8.99. The van der Waals surface area contributed by atoms with Crippen molar-refractivity contribution >= 4 is 11.7 Å². The summed E-state index contributed by atoms with van der Waals surface area (Å²) in [5.74, 6) is 0.835. The highest BCUT2D eigenvalue weighted by Crippen LogP contribution is 2.14. The van der Waals surface area contributed by atoms with E-state index in [0.717, 1.165) is 30.9 Å². The van der Waals surface area contributed by atoms with Gasteiger partial charge in [0.1, 0.15) is 5.82 Å². The first-order valence-corrected chi connectivity index (χ1v) is 6.99. The smallest absolute Gasteiger partial charge is 0.254 e. The molecule has 19 heavy (non-hydrogen) atoms. The second kappa shape index (κ2) is 7.12. The van der Waals surface area contributed by atoms with E-state index in [1.807, 2.05) is 26.1 Å². The fraction of sp³-hybridized carbons (Fsp3) is 0.600. The van der Waals surface area contributed by atoms with Gasteiger partial charge in [-0.25, -0.2) is 4.98 Å². The minimum absolute atomic E-state index is 0.0550. The van der Waals surface area contributed by atoms with E-state index in [0.29, 0.717) is 5.56 Å². The van der Waals surface area contributed by atoms with Crippen molar-refractivity contribution in [2.45, 2.75) is 46.6 Å². The van der Waals surface area contributed by atoms with Crippen molar-refractivity contribution in [3.05, 3.63) is 23.4 Å². The number of aryl methyl sites for hydroxylation is 1. The highest BCUT2D eigenvalue weighted by Gasteiger charge is 2.17. The fourth-order valence-corrected chi connectivity index (χ4v) is 1.81. The zero-order valence-corrected chi connectivity index (χ0v) is 12.7. The molecule has 0 fully saturated rings. The van der Waals surface area contributed by atoms with Gasteiger partial charge in [-0.3, -0.25) is 4.79 Å². The van der Waals surface area contributed by atoms with E-state index in [4.69, 9.17) is 0 Å². The molecule has 106 valence electrons. The topological polar surface area (TPSA) is 45.2 Å². The quantitative estimate of drug-likeness (QED) is 0.858. The normalized spacial score (nSPS) is 12.1. The van der Waals surface area contributed by atoms with E-state index in [2.05, 4.69) is 31.1 Å². The summed E-state index contributed by atoms with van der Waals surface area (Å²) in [6.45, 7) is 9.02. The van der Waals surface area contributed by atoms with Crippen LogP contribution in [0.25, 0.3) is 0 Å². The number of aromatic nitrogens is 1. The summed E-state index contributed by atoms with van der Waals surface area (Å²) in [4.78, 5) is 18.6. The van der Waals surface area contributed by atoms with E-state index in [1.54, 1.807) is 4.90 Å². The molecule has 1 heterocycles. The van der Waals surface area contributed by atoms with Crippen LogP contribution in [0.15, 0.2) is 12.1 Å². The SMILES string of the molecule is CCCNc1cc(C(=O)N(C)C(C)CC)cc(C)n1. The van der Waals surface area contributed by atoms with E-state index < -0.39 is 0 Å². The summed E-state index contributed by atoms with van der Waals surface area (Å²) >= 11 is 0. The van der Waals surface area contributed by atoms with Gasteiger partial charge in [-0.15, -0.1) is 0 Å². The van der Waals surface area contributed by atoms with Gasteiger partial charge in [0.2, 0.25) is 0 Å². The van der Waals surface area contributed by atoms with Crippen LogP contribution in [0.5, 0.6) is 0 Å². The molecule has 0 aliphatic heterocycles. The number of nitrogens with zero attached hydrogens (tertiary/aromatic N) is 2. The molecule has 1 N–H and O–H groups in total. The molecule has 1 aromatic heterocycles. The Morgan fingerprint density at radius 2 is 2.11 bits per heavy atom. The lowest BCUT2D eigenvalue weighted by molar-refractivity contribution is 0.0740. The number of anilines is 1. The van der Waals surface area contributed by atoms with Crippen molar-refractivity contribution in [3.8, 4) is 0 Å². The first kappa shape index (κ1) is 15.5. The van der Waals surface area contributed by atoms with Crippen LogP contribution in [0.3, 0.4) is 0 Å². The van der Waals surface area contributed by atoms with E-state index >= 15 is 0 Å². The van der Waals surface area contributed by atoms with Crippen LogP contribution >= 0.6 is 0 Å². The van der Waals surface area contributed by atoms with Crippen LogP contribution in [-0.2, 0) is 0 Å². The number of carbonyl (C=O) groups is 1. The molecule has 0 saturated carbocycles. The minimum atomic E-state index is 0.0550. The Balaban J connectivity index is 2.93. The van der Waals surface area contributed by atoms with Gasteiger partial charge in [0, 0.05) is 30.9 Å². The van der Waals surface area contributed by atoms with Gasteiger partial charge in [-0.1, -0.05) is 13.8 Å². The van der Waals surface area contributed by atoms with E-state index in [9.17, 15) is 4.79 Å². The lowest BCUT2D eigenvalue weighted by Crippen LogP contribution is -2.34. The maximum atomic E-state index is 12.4. The van der Waals surface area contributed by atoms with Crippen molar-refractivity contribution in [2.75, 3.05) is 18.9 Å². The van der Waals surface area contributed by atoms with Gasteiger partial charge in [0.25, 0.3) is 5.91 Å². The van der Waals surface area contributed by atoms with Gasteiger partial charge in [0.05, 0.1) is 0 Å². The fourth-order valence-electron chi connectivity index (χ4n) is 1.81. The van der Waals surface area contributed by atoms with Gasteiger partial charge in [-0.2, -0.15) is 0 Å². The number of amides is 1. The molecule has 1 unspecified atom stereocenters. The predicted octanol–water partition coefficient (Wildman–Crippen LogP) is 3.08. The molecule has 4 heteroatoms. The lowest BCUT2D eigenvalue weighted by Gasteiger charge is -2.24. The highest BCUT2D eigenvalue weighted by molar-refractivity contribution is 5.95. The van der Waals surface area contributed by atoms with Crippen molar-refractivity contribution in [1.29, 1.82) is 0 Å². The predicted molar refractivity (Wildman–Crippen MR) is 79.6 cm³/mol. The third-order valence-electron chi connectivity index (χ3n) is 3.33. The summed E-state index contributed by atoms with van der Waals surface area (Å²) in [5.41, 5.74) is 1.57. The zero-order valence-electron chi connectivity index (χ0n) is 12.7. The zero-order chi connectivity index (χ0) is 14.4. The molecule has 0 radical (unpaired) electrons. The molecule has 0 aliphatic carbocycles. The van der Waals surface area contributed by atoms with E-state index in [1.165, 1.54) is 0 Å². The number of carbonyl (C=O) groups excluding carboxylic acids is 1. The van der Waals surface area contributed by atoms with Crippen LogP contribution < -0.4 is 5.32 Å². The van der Waals surface area contributed by atoms with Crippen LogP contribution in [0.2, 0.25) is 0 Å². The summed E-state index contributed by atoms with van der Waals surface area (Å²) in [6.07, 6.45) is 1.99. The molecule has 1 aromatic rings. The van der Waals surface area contributed by atoms with Crippen molar-refractivity contribution < 1.29 is 4.79 Å². The Hall–Kier alpha value is -1.58. The number of pyridine rings is 1. The standard InChI is InChI=1S/C15H25N3O/c1-6-8-16-14-10-13(9-11(3)17-14)15(19)18(5)12(4)7-2/h9-10,12H,6-8H2,1-5H3,(H,16,17). The average molecular weight is 263 g/mol. The number of rotatable bonds is 6. The Kier molecular flexibility index (Phi) is 5.80. The van der Waals surface area contributed by atoms with Crippen LogP contribution in [0.4, 0.5) is 5.82 Å². The molecule has 0 bridgehead atoms. The maximum Gasteiger partial charge on any atom is 0.254 e. The van der Waals surface area contributed by atoms with Crippen molar-refractivity contribution in [3.63, 3.8) is 0 Å². The average Bonchev–Trinajstić information content (AvgIpc) is 2.41. The summed E-state index contributed by atoms with van der Waals surface area (Å²) in [5, 5.41) is 3.23. The first-order valence-electron chi connectivity index (χ1n) is 6.99. The summed E-state index contributed by atoms with van der Waals surface area (Å²) < 4.78 is 0.